The zero-order chi connectivity index (χ0) is 25.5. The zero-order valence-corrected chi connectivity index (χ0v) is 21.9. The maximum atomic E-state index is 10.7. The Kier molecular flexibility index (Phi) is 9.02. The molecule has 1 atom stereocenters. The van der Waals surface area contributed by atoms with Gasteiger partial charge in [-0.05, 0) is 63.3 Å². The molecule has 0 spiro atoms. The summed E-state index contributed by atoms with van der Waals surface area (Å²) in [5, 5.41) is 15.7. The highest BCUT2D eigenvalue weighted by Gasteiger charge is 2.28. The number of para-hydroxylation sites is 1. The summed E-state index contributed by atoms with van der Waals surface area (Å²) in [5.74, 6) is 2.80. The van der Waals surface area contributed by atoms with Crippen molar-refractivity contribution in [1.29, 1.82) is 0 Å². The molecule has 0 unspecified atom stereocenters. The average Bonchev–Trinajstić information content (AvgIpc) is 3.64. The average molecular weight is 494 g/mol. The van der Waals surface area contributed by atoms with Crippen LogP contribution < -0.4 is 9.47 Å². The number of nitrogens with zero attached hydrogens (tertiary/aromatic N) is 3. The Bertz CT molecular complexity index is 1100. The molecule has 0 aliphatic heterocycles. The molecule has 1 aliphatic carbocycles. The molecule has 1 saturated carbocycles. The first-order valence-electron chi connectivity index (χ1n) is 13.0. The van der Waals surface area contributed by atoms with Crippen molar-refractivity contribution in [2.75, 3.05) is 26.8 Å². The van der Waals surface area contributed by atoms with Gasteiger partial charge in [-0.3, -0.25) is 4.90 Å². The van der Waals surface area contributed by atoms with Crippen LogP contribution in [0.1, 0.15) is 44.9 Å². The minimum absolute atomic E-state index is 0.0928. The first kappa shape index (κ1) is 26.2. The topological polar surface area (TPSA) is 69.0 Å². The number of ether oxygens (including phenoxy) is 3. The number of methoxy groups -OCH3 is 1. The molecule has 36 heavy (non-hydrogen) atoms. The molecule has 194 valence electrons. The van der Waals surface area contributed by atoms with Crippen molar-refractivity contribution >= 4 is 0 Å². The number of aromatic nitrogens is 2. The third kappa shape index (κ3) is 7.09. The van der Waals surface area contributed by atoms with Gasteiger partial charge in [0.1, 0.15) is 11.5 Å². The van der Waals surface area contributed by atoms with Crippen LogP contribution in [0.2, 0.25) is 0 Å². The zero-order valence-electron chi connectivity index (χ0n) is 21.9. The number of rotatable bonds is 14. The molecule has 1 heterocycles. The first-order valence-corrected chi connectivity index (χ1v) is 13.0. The summed E-state index contributed by atoms with van der Waals surface area (Å²) < 4.78 is 19.5. The van der Waals surface area contributed by atoms with Crippen molar-refractivity contribution in [3.05, 3.63) is 65.9 Å². The molecular weight excluding hydrogens is 454 g/mol. The highest BCUT2D eigenvalue weighted by molar-refractivity contribution is 5.44. The second-order valence-electron chi connectivity index (χ2n) is 9.79. The highest BCUT2D eigenvalue weighted by Crippen LogP contribution is 2.35. The van der Waals surface area contributed by atoms with E-state index < -0.39 is 6.10 Å². The summed E-state index contributed by atoms with van der Waals surface area (Å²) >= 11 is 0. The largest absolute Gasteiger partial charge is 0.497 e. The Morgan fingerprint density at radius 3 is 2.50 bits per heavy atom. The number of benzene rings is 2. The Hall–Kier alpha value is -2.87. The van der Waals surface area contributed by atoms with E-state index in [1.807, 2.05) is 73.1 Å². The van der Waals surface area contributed by atoms with Gasteiger partial charge in [0.25, 0.3) is 0 Å². The Morgan fingerprint density at radius 1 is 1.08 bits per heavy atom. The van der Waals surface area contributed by atoms with Crippen molar-refractivity contribution in [3.63, 3.8) is 0 Å². The van der Waals surface area contributed by atoms with Gasteiger partial charge in [-0.1, -0.05) is 31.2 Å². The fourth-order valence-electron chi connectivity index (χ4n) is 4.29. The minimum atomic E-state index is -0.553. The van der Waals surface area contributed by atoms with Crippen LogP contribution in [0.15, 0.2) is 54.6 Å². The van der Waals surface area contributed by atoms with Gasteiger partial charge >= 0.3 is 0 Å². The standard InChI is InChI=1S/C29H39N3O4/c1-5-28-27(19-31(17-22-14-15-22)18-24(33)20-35-21(2)3)29(32(30-28)23-10-7-6-8-11-23)36-26-13-9-12-25(16-26)34-4/h6-13,16,21-22,24,33H,5,14-15,17-20H2,1-4H3/t24-/m1/s1. The van der Waals surface area contributed by atoms with Crippen molar-refractivity contribution < 1.29 is 19.3 Å². The maximum Gasteiger partial charge on any atom is 0.227 e. The predicted molar refractivity (Wildman–Crippen MR) is 141 cm³/mol. The van der Waals surface area contributed by atoms with E-state index >= 15 is 0 Å². The molecule has 1 fully saturated rings. The summed E-state index contributed by atoms with van der Waals surface area (Å²) in [5.41, 5.74) is 2.97. The fraction of sp³-hybridized carbons (Fsp3) is 0.483. The van der Waals surface area contributed by atoms with Gasteiger partial charge in [0.15, 0.2) is 0 Å². The Balaban J connectivity index is 1.68. The molecule has 7 nitrogen and oxygen atoms in total. The van der Waals surface area contributed by atoms with E-state index in [-0.39, 0.29) is 6.10 Å². The Labute approximate surface area is 214 Å². The van der Waals surface area contributed by atoms with Crippen LogP contribution in [-0.2, 0) is 17.7 Å². The van der Waals surface area contributed by atoms with Crippen molar-refractivity contribution in [1.82, 2.24) is 14.7 Å². The van der Waals surface area contributed by atoms with Crippen LogP contribution in [0.3, 0.4) is 0 Å². The van der Waals surface area contributed by atoms with Gasteiger partial charge in [-0.2, -0.15) is 5.10 Å². The fourth-order valence-corrected chi connectivity index (χ4v) is 4.29. The van der Waals surface area contributed by atoms with Gasteiger partial charge < -0.3 is 19.3 Å². The summed E-state index contributed by atoms with van der Waals surface area (Å²) in [6.45, 7) is 8.55. The molecule has 3 aromatic rings. The van der Waals surface area contributed by atoms with Crippen LogP contribution in [-0.4, -0.2) is 58.8 Å². The van der Waals surface area contributed by atoms with Crippen LogP contribution in [0.4, 0.5) is 0 Å². The van der Waals surface area contributed by atoms with Gasteiger partial charge in [0, 0.05) is 25.7 Å². The smallest absolute Gasteiger partial charge is 0.227 e. The van der Waals surface area contributed by atoms with E-state index in [1.165, 1.54) is 12.8 Å². The van der Waals surface area contributed by atoms with E-state index in [2.05, 4.69) is 11.8 Å². The monoisotopic (exact) mass is 493 g/mol. The normalized spacial score (nSPS) is 14.4. The lowest BCUT2D eigenvalue weighted by molar-refractivity contribution is -0.0101. The van der Waals surface area contributed by atoms with E-state index in [0.29, 0.717) is 37.2 Å². The molecule has 7 heteroatoms. The molecule has 2 aromatic carbocycles. The van der Waals surface area contributed by atoms with E-state index in [4.69, 9.17) is 19.3 Å². The van der Waals surface area contributed by atoms with E-state index in [1.54, 1.807) is 7.11 Å². The van der Waals surface area contributed by atoms with Crippen molar-refractivity contribution in [2.24, 2.45) is 5.92 Å². The van der Waals surface area contributed by atoms with Gasteiger partial charge in [0.05, 0.1) is 42.9 Å². The van der Waals surface area contributed by atoms with Gasteiger partial charge in [-0.15, -0.1) is 0 Å². The number of aliphatic hydroxyl groups excluding tert-OH is 1. The molecule has 1 N–H and O–H groups in total. The van der Waals surface area contributed by atoms with Crippen molar-refractivity contribution in [3.8, 4) is 23.1 Å². The van der Waals surface area contributed by atoms with Crippen LogP contribution in [0.5, 0.6) is 17.4 Å². The molecule has 0 saturated heterocycles. The number of aliphatic hydroxyl groups is 1. The van der Waals surface area contributed by atoms with Gasteiger partial charge in [0.2, 0.25) is 5.88 Å². The molecular formula is C29H39N3O4. The molecule has 1 aliphatic rings. The summed E-state index contributed by atoms with van der Waals surface area (Å²) in [6, 6.07) is 17.7. The minimum Gasteiger partial charge on any atom is -0.497 e. The highest BCUT2D eigenvalue weighted by atomic mass is 16.5. The third-order valence-electron chi connectivity index (χ3n) is 6.30. The second kappa shape index (κ2) is 12.4. The lowest BCUT2D eigenvalue weighted by Gasteiger charge is -2.26. The molecule has 0 bridgehead atoms. The quantitative estimate of drug-likeness (QED) is 0.332. The van der Waals surface area contributed by atoms with Crippen LogP contribution >= 0.6 is 0 Å². The molecule has 4 rings (SSSR count). The van der Waals surface area contributed by atoms with Gasteiger partial charge in [-0.25, -0.2) is 4.68 Å². The predicted octanol–water partition coefficient (Wildman–Crippen LogP) is 5.23. The lowest BCUT2D eigenvalue weighted by atomic mass is 10.1. The first-order chi connectivity index (χ1) is 17.5. The van der Waals surface area contributed by atoms with E-state index in [0.717, 1.165) is 35.7 Å². The van der Waals surface area contributed by atoms with Crippen LogP contribution in [0.25, 0.3) is 5.69 Å². The van der Waals surface area contributed by atoms with Crippen LogP contribution in [0, 0.1) is 5.92 Å². The maximum absolute atomic E-state index is 10.7. The molecule has 0 amide bonds. The second-order valence-corrected chi connectivity index (χ2v) is 9.79. The Morgan fingerprint density at radius 2 is 1.83 bits per heavy atom. The van der Waals surface area contributed by atoms with E-state index in [9.17, 15) is 5.11 Å². The molecule has 1 aromatic heterocycles. The van der Waals surface area contributed by atoms with Crippen molar-refractivity contribution in [2.45, 2.75) is 58.8 Å². The summed E-state index contributed by atoms with van der Waals surface area (Å²) in [4.78, 5) is 2.33. The number of aryl methyl sites for hydroxylation is 1. The SMILES string of the molecule is CCc1nn(-c2ccccc2)c(Oc2cccc(OC)c2)c1CN(CC1CC1)C[C@@H](O)COC(C)C. The molecule has 0 radical (unpaired) electrons. The number of hydrogen-bond donors (Lipinski definition) is 1. The number of hydrogen-bond acceptors (Lipinski definition) is 6. The lowest BCUT2D eigenvalue weighted by Crippen LogP contribution is -2.36. The third-order valence-corrected chi connectivity index (χ3v) is 6.30. The summed E-state index contributed by atoms with van der Waals surface area (Å²) in [7, 11) is 1.65. The summed E-state index contributed by atoms with van der Waals surface area (Å²) in [6.07, 6.45) is 2.80.